The van der Waals surface area contributed by atoms with Gasteiger partial charge in [0.15, 0.2) is 0 Å². The lowest BCUT2D eigenvalue weighted by Gasteiger charge is -2.21. The summed E-state index contributed by atoms with van der Waals surface area (Å²) >= 11 is 0. The van der Waals surface area contributed by atoms with Gasteiger partial charge in [0.1, 0.15) is 0 Å². The molecule has 1 fully saturated rings. The highest BCUT2D eigenvalue weighted by Gasteiger charge is 2.66. The average Bonchev–Trinajstić information content (AvgIpc) is 2.34. The summed E-state index contributed by atoms with van der Waals surface area (Å²) < 4.78 is 67.9. The Kier molecular flexibility index (Phi) is 2.41. The number of alkyl halides is 5. The van der Waals surface area contributed by atoms with Crippen LogP contribution >= 0.6 is 0 Å². The second kappa shape index (κ2) is 2.93. The SMILES string of the molecule is FC(F)(F)C(F)(F)[SiH]1OCCO1. The second-order valence-electron chi connectivity index (χ2n) is 2.19. The summed E-state index contributed by atoms with van der Waals surface area (Å²) in [5, 5.41) is 0. The monoisotopic (exact) mass is 208 g/mol. The van der Waals surface area contributed by atoms with Crippen LogP contribution in [0.25, 0.3) is 0 Å². The van der Waals surface area contributed by atoms with Gasteiger partial charge in [-0.2, -0.15) is 22.0 Å². The number of hydrogen-bond acceptors (Lipinski definition) is 2. The predicted molar refractivity (Wildman–Crippen MR) is 30.1 cm³/mol. The first-order valence-corrected chi connectivity index (χ1v) is 4.55. The molecule has 1 heterocycles. The molecule has 0 spiro atoms. The lowest BCUT2D eigenvalue weighted by atomic mass is 10.7. The van der Waals surface area contributed by atoms with E-state index in [-0.39, 0.29) is 13.2 Å². The summed E-state index contributed by atoms with van der Waals surface area (Å²) in [5.41, 5.74) is -4.79. The summed E-state index contributed by atoms with van der Waals surface area (Å²) in [6.07, 6.45) is -5.56. The fourth-order valence-corrected chi connectivity index (χ4v) is 2.10. The van der Waals surface area contributed by atoms with E-state index in [1.54, 1.807) is 0 Å². The number of halogens is 5. The molecule has 0 amide bonds. The van der Waals surface area contributed by atoms with Crippen LogP contribution in [0.4, 0.5) is 22.0 Å². The minimum Gasteiger partial charge on any atom is -0.390 e. The molecule has 0 unspecified atom stereocenters. The van der Waals surface area contributed by atoms with Crippen LogP contribution in [-0.2, 0) is 8.85 Å². The third-order valence-electron chi connectivity index (χ3n) is 1.30. The van der Waals surface area contributed by atoms with Crippen molar-refractivity contribution in [2.24, 2.45) is 0 Å². The molecule has 12 heavy (non-hydrogen) atoms. The van der Waals surface area contributed by atoms with Crippen molar-refractivity contribution < 1.29 is 30.8 Å². The molecule has 1 saturated heterocycles. The highest BCUT2D eigenvalue weighted by molar-refractivity contribution is 6.48. The van der Waals surface area contributed by atoms with E-state index in [1.807, 2.05) is 0 Å². The van der Waals surface area contributed by atoms with Crippen LogP contribution in [0.2, 0.25) is 0 Å². The molecule has 0 aliphatic carbocycles. The van der Waals surface area contributed by atoms with E-state index in [0.29, 0.717) is 0 Å². The highest BCUT2D eigenvalue weighted by Crippen LogP contribution is 2.38. The van der Waals surface area contributed by atoms with Crippen LogP contribution in [0, 0.1) is 0 Å². The van der Waals surface area contributed by atoms with Gasteiger partial charge in [0, 0.05) is 0 Å². The molecule has 0 bridgehead atoms. The molecule has 72 valence electrons. The third kappa shape index (κ3) is 1.59. The molecule has 0 atom stereocenters. The van der Waals surface area contributed by atoms with Crippen molar-refractivity contribution in [3.63, 3.8) is 0 Å². The Morgan fingerprint density at radius 1 is 0.917 bits per heavy atom. The van der Waals surface area contributed by atoms with Gasteiger partial charge in [-0.05, 0) is 0 Å². The van der Waals surface area contributed by atoms with Crippen molar-refractivity contribution in [2.45, 2.75) is 11.7 Å². The smallest absolute Gasteiger partial charge is 0.390 e. The molecule has 0 N–H and O–H groups in total. The van der Waals surface area contributed by atoms with Crippen molar-refractivity contribution in [1.82, 2.24) is 0 Å². The summed E-state index contributed by atoms with van der Waals surface area (Å²) in [7, 11) is -3.87. The topological polar surface area (TPSA) is 18.5 Å². The number of rotatable bonds is 1. The van der Waals surface area contributed by atoms with E-state index in [1.165, 1.54) is 0 Å². The standard InChI is InChI=1S/C4H5F5O2Si/c5-3(6,7)4(8,9)12-10-1-2-11-12/h12H,1-2H2. The van der Waals surface area contributed by atoms with Gasteiger partial charge in [0.25, 0.3) is 0 Å². The average molecular weight is 208 g/mol. The van der Waals surface area contributed by atoms with Crippen molar-refractivity contribution in [3.05, 3.63) is 0 Å². The molecule has 1 rings (SSSR count). The Morgan fingerprint density at radius 3 is 1.67 bits per heavy atom. The van der Waals surface area contributed by atoms with Crippen molar-refractivity contribution in [3.8, 4) is 0 Å². The van der Waals surface area contributed by atoms with Crippen LogP contribution in [0.3, 0.4) is 0 Å². The number of hydrogen-bond donors (Lipinski definition) is 0. The molecule has 0 aromatic rings. The van der Waals surface area contributed by atoms with Gasteiger partial charge in [0.05, 0.1) is 13.2 Å². The molecule has 0 radical (unpaired) electrons. The Labute approximate surface area is 66.1 Å². The van der Waals surface area contributed by atoms with Gasteiger partial charge >= 0.3 is 21.0 Å². The van der Waals surface area contributed by atoms with Crippen LogP contribution < -0.4 is 0 Å². The maximum absolute atomic E-state index is 12.3. The second-order valence-corrected chi connectivity index (χ2v) is 4.25. The minimum absolute atomic E-state index is 0.178. The van der Waals surface area contributed by atoms with Crippen LogP contribution in [-0.4, -0.2) is 34.2 Å². The first-order chi connectivity index (χ1) is 5.36. The first-order valence-electron chi connectivity index (χ1n) is 3.03. The maximum atomic E-state index is 12.3. The zero-order valence-corrected chi connectivity index (χ0v) is 6.85. The zero-order valence-electron chi connectivity index (χ0n) is 5.70. The van der Waals surface area contributed by atoms with Crippen molar-refractivity contribution in [1.29, 1.82) is 0 Å². The Bertz CT molecular complexity index is 163. The Morgan fingerprint density at radius 2 is 1.33 bits per heavy atom. The highest BCUT2D eigenvalue weighted by atomic mass is 28.3. The molecular formula is C4H5F5O2Si. The molecule has 1 aliphatic rings. The zero-order chi connectivity index (χ0) is 9.41. The fraction of sp³-hybridized carbons (Fsp3) is 1.00. The van der Waals surface area contributed by atoms with Gasteiger partial charge in [-0.1, -0.05) is 0 Å². The van der Waals surface area contributed by atoms with Gasteiger partial charge in [-0.25, -0.2) is 0 Å². The summed E-state index contributed by atoms with van der Waals surface area (Å²) in [5.74, 6) is 0. The van der Waals surface area contributed by atoms with E-state index in [9.17, 15) is 22.0 Å². The molecule has 0 aromatic carbocycles. The minimum atomic E-state index is -5.56. The van der Waals surface area contributed by atoms with E-state index in [0.717, 1.165) is 0 Å². The predicted octanol–water partition coefficient (Wildman–Crippen LogP) is 0.990. The van der Waals surface area contributed by atoms with Crippen LogP contribution in [0.15, 0.2) is 0 Å². The van der Waals surface area contributed by atoms with Crippen LogP contribution in [0.5, 0.6) is 0 Å². The van der Waals surface area contributed by atoms with Crippen molar-refractivity contribution >= 4 is 9.28 Å². The largest absolute Gasteiger partial charge is 0.454 e. The molecular weight excluding hydrogens is 203 g/mol. The third-order valence-corrected chi connectivity index (χ3v) is 3.29. The summed E-state index contributed by atoms with van der Waals surface area (Å²) in [4.78, 5) is 0. The Hall–Kier alpha value is -0.213. The van der Waals surface area contributed by atoms with E-state index >= 15 is 0 Å². The molecule has 2 nitrogen and oxygen atoms in total. The first kappa shape index (κ1) is 9.87. The van der Waals surface area contributed by atoms with Gasteiger partial charge in [-0.3, -0.25) is 0 Å². The molecule has 8 heteroatoms. The lowest BCUT2D eigenvalue weighted by Crippen LogP contribution is -2.51. The summed E-state index contributed by atoms with van der Waals surface area (Å²) in [6.45, 7) is -0.356. The normalized spacial score (nSPS) is 21.8. The van der Waals surface area contributed by atoms with E-state index in [2.05, 4.69) is 8.85 Å². The maximum Gasteiger partial charge on any atom is 0.454 e. The van der Waals surface area contributed by atoms with Gasteiger partial charge in [0.2, 0.25) is 0 Å². The summed E-state index contributed by atoms with van der Waals surface area (Å²) in [6, 6.07) is 0. The van der Waals surface area contributed by atoms with Gasteiger partial charge < -0.3 is 8.85 Å². The fourth-order valence-electron chi connectivity index (χ4n) is 0.701. The molecule has 1 aliphatic heterocycles. The lowest BCUT2D eigenvalue weighted by molar-refractivity contribution is -0.253. The Balaban J connectivity index is 2.69. The van der Waals surface area contributed by atoms with Crippen LogP contribution in [0.1, 0.15) is 0 Å². The van der Waals surface area contributed by atoms with Crippen molar-refractivity contribution in [2.75, 3.05) is 13.2 Å². The van der Waals surface area contributed by atoms with Gasteiger partial charge in [-0.15, -0.1) is 0 Å². The quantitative estimate of drug-likeness (QED) is 0.472. The van der Waals surface area contributed by atoms with E-state index in [4.69, 9.17) is 0 Å². The molecule has 0 aromatic heterocycles. The molecule has 0 saturated carbocycles. The van der Waals surface area contributed by atoms with E-state index < -0.39 is 21.0 Å².